The van der Waals surface area contributed by atoms with Gasteiger partial charge in [-0.25, -0.2) is 4.79 Å². The van der Waals surface area contributed by atoms with Crippen molar-refractivity contribution >= 4 is 6.03 Å². The van der Waals surface area contributed by atoms with Crippen LogP contribution in [0, 0.1) is 11.3 Å². The number of hydrogen-bond donors (Lipinski definition) is 1. The van der Waals surface area contributed by atoms with Crippen molar-refractivity contribution in [1.29, 1.82) is 5.26 Å². The van der Waals surface area contributed by atoms with Gasteiger partial charge >= 0.3 is 6.03 Å². The summed E-state index contributed by atoms with van der Waals surface area (Å²) in [6, 6.07) is 1.87. The number of unbranched alkanes of at least 4 members (excludes halogenated alkanes) is 1. The molecule has 0 radical (unpaired) electrons. The fourth-order valence-electron chi connectivity index (χ4n) is 1.09. The maximum atomic E-state index is 11.5. The molecule has 0 atom stereocenters. The second-order valence-electron chi connectivity index (χ2n) is 3.17. The van der Waals surface area contributed by atoms with Crippen LogP contribution in [0.1, 0.15) is 33.1 Å². The Bertz CT molecular complexity index is 198. The number of hydrogen-bond acceptors (Lipinski definition) is 2. The highest BCUT2D eigenvalue weighted by Crippen LogP contribution is 1.92. The minimum absolute atomic E-state index is 0.123. The lowest BCUT2D eigenvalue weighted by Gasteiger charge is -2.19. The van der Waals surface area contributed by atoms with Gasteiger partial charge in [0, 0.05) is 13.1 Å². The molecule has 0 aromatic heterocycles. The first kappa shape index (κ1) is 12.8. The third-order valence-electron chi connectivity index (χ3n) is 1.85. The van der Waals surface area contributed by atoms with Crippen LogP contribution in [0.4, 0.5) is 4.79 Å². The zero-order valence-electron chi connectivity index (χ0n) is 9.05. The van der Waals surface area contributed by atoms with Crippen molar-refractivity contribution in [2.75, 3.05) is 19.6 Å². The highest BCUT2D eigenvalue weighted by atomic mass is 16.2. The standard InChI is InChI=1S/C10H19N3O/c1-3-5-7-12-10(14)13(8-4-2)9-6-11/h3-5,7-9H2,1-2H3,(H,12,14). The maximum Gasteiger partial charge on any atom is 0.318 e. The van der Waals surface area contributed by atoms with Gasteiger partial charge in [-0.1, -0.05) is 20.3 Å². The van der Waals surface area contributed by atoms with Gasteiger partial charge in [0.05, 0.1) is 6.07 Å². The Morgan fingerprint density at radius 1 is 1.43 bits per heavy atom. The van der Waals surface area contributed by atoms with Gasteiger partial charge in [0.1, 0.15) is 6.54 Å². The number of amides is 2. The lowest BCUT2D eigenvalue weighted by Crippen LogP contribution is -2.40. The summed E-state index contributed by atoms with van der Waals surface area (Å²) in [5.74, 6) is 0. The normalized spacial score (nSPS) is 9.21. The van der Waals surface area contributed by atoms with Gasteiger partial charge in [0.2, 0.25) is 0 Å². The first-order chi connectivity index (χ1) is 6.76. The summed E-state index contributed by atoms with van der Waals surface area (Å²) in [6.07, 6.45) is 2.92. The molecule has 0 unspecified atom stereocenters. The molecule has 0 rings (SSSR count). The Labute approximate surface area is 85.9 Å². The van der Waals surface area contributed by atoms with Gasteiger partial charge in [-0.15, -0.1) is 0 Å². The third-order valence-corrected chi connectivity index (χ3v) is 1.85. The second kappa shape index (κ2) is 8.36. The second-order valence-corrected chi connectivity index (χ2v) is 3.17. The lowest BCUT2D eigenvalue weighted by atomic mass is 10.3. The summed E-state index contributed by atoms with van der Waals surface area (Å²) < 4.78 is 0. The van der Waals surface area contributed by atoms with Crippen LogP contribution in [0.5, 0.6) is 0 Å². The number of rotatable bonds is 6. The van der Waals surface area contributed by atoms with Crippen LogP contribution in [-0.2, 0) is 0 Å². The van der Waals surface area contributed by atoms with E-state index in [1.54, 1.807) is 0 Å². The van der Waals surface area contributed by atoms with E-state index in [0.29, 0.717) is 13.1 Å². The van der Waals surface area contributed by atoms with Crippen LogP contribution in [-0.4, -0.2) is 30.6 Å². The van der Waals surface area contributed by atoms with Crippen molar-refractivity contribution in [3.63, 3.8) is 0 Å². The topological polar surface area (TPSA) is 56.1 Å². The van der Waals surface area contributed by atoms with E-state index in [1.807, 2.05) is 13.0 Å². The van der Waals surface area contributed by atoms with Crippen molar-refractivity contribution in [3.8, 4) is 6.07 Å². The number of urea groups is 1. The Balaban J connectivity index is 3.83. The molecule has 4 heteroatoms. The number of carbonyl (C=O) groups excluding carboxylic acids is 1. The van der Waals surface area contributed by atoms with E-state index in [2.05, 4.69) is 12.2 Å². The summed E-state index contributed by atoms with van der Waals surface area (Å²) in [6.45, 7) is 5.58. The van der Waals surface area contributed by atoms with E-state index in [0.717, 1.165) is 19.3 Å². The highest BCUT2D eigenvalue weighted by molar-refractivity contribution is 5.74. The number of nitriles is 1. The smallest absolute Gasteiger partial charge is 0.318 e. The molecule has 0 fully saturated rings. The van der Waals surface area contributed by atoms with Gasteiger partial charge in [-0.05, 0) is 12.8 Å². The third kappa shape index (κ3) is 5.41. The van der Waals surface area contributed by atoms with E-state index in [4.69, 9.17) is 5.26 Å². The highest BCUT2D eigenvalue weighted by Gasteiger charge is 2.10. The average molecular weight is 197 g/mol. The minimum Gasteiger partial charge on any atom is -0.338 e. The van der Waals surface area contributed by atoms with E-state index < -0.39 is 0 Å². The van der Waals surface area contributed by atoms with Crippen molar-refractivity contribution in [2.45, 2.75) is 33.1 Å². The molecule has 0 bridgehead atoms. The molecule has 0 saturated carbocycles. The molecule has 0 aliphatic rings. The van der Waals surface area contributed by atoms with Crippen LogP contribution in [0.15, 0.2) is 0 Å². The monoisotopic (exact) mass is 197 g/mol. The molecule has 0 heterocycles. The largest absolute Gasteiger partial charge is 0.338 e. The van der Waals surface area contributed by atoms with Crippen molar-refractivity contribution in [3.05, 3.63) is 0 Å². The van der Waals surface area contributed by atoms with Gasteiger partial charge < -0.3 is 10.2 Å². The number of carbonyl (C=O) groups is 1. The quantitative estimate of drug-likeness (QED) is 0.521. The molecule has 0 saturated heterocycles. The fraction of sp³-hybridized carbons (Fsp3) is 0.800. The molecule has 80 valence electrons. The van der Waals surface area contributed by atoms with Crippen molar-refractivity contribution in [2.24, 2.45) is 0 Å². The van der Waals surface area contributed by atoms with Crippen LogP contribution in [0.3, 0.4) is 0 Å². The molecule has 1 N–H and O–H groups in total. The minimum atomic E-state index is -0.123. The van der Waals surface area contributed by atoms with E-state index in [1.165, 1.54) is 4.90 Å². The van der Waals surface area contributed by atoms with Crippen LogP contribution >= 0.6 is 0 Å². The van der Waals surface area contributed by atoms with Gasteiger partial charge in [0.15, 0.2) is 0 Å². The molecule has 0 aromatic rings. The Morgan fingerprint density at radius 3 is 2.64 bits per heavy atom. The first-order valence-electron chi connectivity index (χ1n) is 5.16. The van der Waals surface area contributed by atoms with Gasteiger partial charge in [0.25, 0.3) is 0 Å². The molecule has 0 spiro atoms. The SMILES string of the molecule is CCCCNC(=O)N(CC#N)CCC. The molecule has 14 heavy (non-hydrogen) atoms. The van der Waals surface area contributed by atoms with Gasteiger partial charge in [-0.2, -0.15) is 5.26 Å². The van der Waals surface area contributed by atoms with Crippen LogP contribution < -0.4 is 5.32 Å². The first-order valence-corrected chi connectivity index (χ1v) is 5.16. The fourth-order valence-corrected chi connectivity index (χ4v) is 1.09. The molecule has 0 aromatic carbocycles. The molecule has 2 amide bonds. The molecular formula is C10H19N3O. The number of nitrogens with zero attached hydrogens (tertiary/aromatic N) is 2. The predicted octanol–water partition coefficient (Wildman–Crippen LogP) is 1.73. The lowest BCUT2D eigenvalue weighted by molar-refractivity contribution is 0.204. The van der Waals surface area contributed by atoms with E-state index >= 15 is 0 Å². The summed E-state index contributed by atoms with van der Waals surface area (Å²) >= 11 is 0. The maximum absolute atomic E-state index is 11.5. The van der Waals surface area contributed by atoms with Crippen molar-refractivity contribution < 1.29 is 4.79 Å². The zero-order valence-corrected chi connectivity index (χ0v) is 9.05. The summed E-state index contributed by atoms with van der Waals surface area (Å²) in [7, 11) is 0. The summed E-state index contributed by atoms with van der Waals surface area (Å²) in [5, 5.41) is 11.3. The summed E-state index contributed by atoms with van der Waals surface area (Å²) in [5.41, 5.74) is 0. The van der Waals surface area contributed by atoms with E-state index in [9.17, 15) is 4.79 Å². The van der Waals surface area contributed by atoms with Crippen molar-refractivity contribution in [1.82, 2.24) is 10.2 Å². The van der Waals surface area contributed by atoms with Crippen LogP contribution in [0.2, 0.25) is 0 Å². The molecular weight excluding hydrogens is 178 g/mol. The van der Waals surface area contributed by atoms with Gasteiger partial charge in [-0.3, -0.25) is 0 Å². The number of nitrogens with one attached hydrogen (secondary N) is 1. The van der Waals surface area contributed by atoms with E-state index in [-0.39, 0.29) is 12.6 Å². The molecule has 4 nitrogen and oxygen atoms in total. The Morgan fingerprint density at radius 2 is 2.14 bits per heavy atom. The van der Waals surface area contributed by atoms with Crippen LogP contribution in [0.25, 0.3) is 0 Å². The summed E-state index contributed by atoms with van der Waals surface area (Å²) in [4.78, 5) is 13.0. The Hall–Kier alpha value is -1.24. The molecule has 0 aliphatic heterocycles. The predicted molar refractivity (Wildman–Crippen MR) is 55.8 cm³/mol. The average Bonchev–Trinajstić information content (AvgIpc) is 2.18. The Kier molecular flexibility index (Phi) is 7.62. The zero-order chi connectivity index (χ0) is 10.8. The molecule has 0 aliphatic carbocycles.